The van der Waals surface area contributed by atoms with Gasteiger partial charge in [-0.25, -0.2) is 4.39 Å². The van der Waals surface area contributed by atoms with Crippen LogP contribution < -0.4 is 10.6 Å². The predicted octanol–water partition coefficient (Wildman–Crippen LogP) is 2.26. The van der Waals surface area contributed by atoms with Crippen LogP contribution in [0.4, 0.5) is 10.1 Å². The number of halogens is 1. The lowest BCUT2D eigenvalue weighted by molar-refractivity contribution is -0.136. The van der Waals surface area contributed by atoms with Crippen LogP contribution in [0.1, 0.15) is 22.6 Å². The average Bonchev–Trinajstić information content (AvgIpc) is 3.05. The van der Waals surface area contributed by atoms with Crippen LogP contribution in [0.25, 0.3) is 10.9 Å². The molecular formula is C19H22FN5O2. The smallest absolute Gasteiger partial charge is 0.313 e. The largest absolute Gasteiger partial charge is 0.358 e. The number of aromatic nitrogens is 3. The van der Waals surface area contributed by atoms with Crippen molar-refractivity contribution in [2.45, 2.75) is 27.2 Å². The van der Waals surface area contributed by atoms with Gasteiger partial charge in [-0.3, -0.25) is 14.3 Å². The number of aromatic amines is 1. The van der Waals surface area contributed by atoms with Gasteiger partial charge in [-0.2, -0.15) is 5.10 Å². The zero-order chi connectivity index (χ0) is 19.7. The maximum atomic E-state index is 13.5. The monoisotopic (exact) mass is 371 g/mol. The van der Waals surface area contributed by atoms with E-state index in [0.29, 0.717) is 17.8 Å². The molecule has 0 aliphatic rings. The molecule has 2 aromatic heterocycles. The number of hydrogen-bond acceptors (Lipinski definition) is 3. The fraction of sp³-hybridized carbons (Fsp3) is 0.316. The minimum atomic E-state index is -0.740. The fourth-order valence-electron chi connectivity index (χ4n) is 3.18. The Bertz CT molecular complexity index is 1030. The van der Waals surface area contributed by atoms with Crippen LogP contribution in [0, 0.1) is 26.6 Å². The highest BCUT2D eigenvalue weighted by Gasteiger charge is 2.18. The summed E-state index contributed by atoms with van der Waals surface area (Å²) in [7, 11) is 1.77. The van der Waals surface area contributed by atoms with Crippen LogP contribution >= 0.6 is 0 Å². The Labute approximate surface area is 155 Å². The zero-order valence-corrected chi connectivity index (χ0v) is 15.7. The molecule has 0 aliphatic heterocycles. The van der Waals surface area contributed by atoms with Crippen molar-refractivity contribution >= 4 is 28.4 Å². The summed E-state index contributed by atoms with van der Waals surface area (Å²) in [6.07, 6.45) is 0.485. The number of H-pyrrole nitrogens is 1. The molecule has 0 bridgehead atoms. The summed E-state index contributed by atoms with van der Waals surface area (Å²) < 4.78 is 15.2. The summed E-state index contributed by atoms with van der Waals surface area (Å²) in [5.74, 6) is -1.77. The van der Waals surface area contributed by atoms with Crippen molar-refractivity contribution in [1.82, 2.24) is 20.1 Å². The van der Waals surface area contributed by atoms with Gasteiger partial charge in [0.2, 0.25) is 0 Å². The van der Waals surface area contributed by atoms with Gasteiger partial charge in [-0.15, -0.1) is 0 Å². The summed E-state index contributed by atoms with van der Waals surface area (Å²) in [6, 6.07) is 4.55. The highest BCUT2D eigenvalue weighted by molar-refractivity contribution is 6.39. The molecule has 0 unspecified atom stereocenters. The van der Waals surface area contributed by atoms with Crippen molar-refractivity contribution in [2.75, 3.05) is 11.9 Å². The molecule has 142 valence electrons. The number of hydrogen-bond donors (Lipinski definition) is 3. The van der Waals surface area contributed by atoms with Crippen LogP contribution in [0.2, 0.25) is 0 Å². The molecule has 3 rings (SSSR count). The van der Waals surface area contributed by atoms with Gasteiger partial charge in [0.1, 0.15) is 5.82 Å². The molecule has 0 aliphatic carbocycles. The fourth-order valence-corrected chi connectivity index (χ4v) is 3.18. The molecule has 8 heteroatoms. The standard InChI is InChI=1S/C19H22FN5O2/c1-10-14(15-9-13(20)5-6-16(15)22-10)7-8-21-18(26)19(27)23-17-11(2)24-25(4)12(17)3/h5-6,9,22H,7-8H2,1-4H3,(H,21,26)(H,23,27). The second kappa shape index (κ2) is 7.22. The SMILES string of the molecule is Cc1nn(C)c(C)c1NC(=O)C(=O)NCCc1c(C)[nH]c2ccc(F)cc12. The Balaban J connectivity index is 1.62. The maximum Gasteiger partial charge on any atom is 0.313 e. The summed E-state index contributed by atoms with van der Waals surface area (Å²) in [4.78, 5) is 27.4. The van der Waals surface area contributed by atoms with Crippen LogP contribution in [-0.4, -0.2) is 33.1 Å². The van der Waals surface area contributed by atoms with Gasteiger partial charge in [0, 0.05) is 30.2 Å². The lowest BCUT2D eigenvalue weighted by Gasteiger charge is -2.07. The third-order valence-electron chi connectivity index (χ3n) is 4.70. The molecule has 27 heavy (non-hydrogen) atoms. The van der Waals surface area contributed by atoms with Gasteiger partial charge in [-0.1, -0.05) is 0 Å². The topological polar surface area (TPSA) is 91.8 Å². The van der Waals surface area contributed by atoms with E-state index in [1.807, 2.05) is 13.8 Å². The number of nitrogens with zero attached hydrogens (tertiary/aromatic N) is 2. The molecule has 2 amide bonds. The Morgan fingerprint density at radius 1 is 1.22 bits per heavy atom. The summed E-state index contributed by atoms with van der Waals surface area (Å²) >= 11 is 0. The second-order valence-electron chi connectivity index (χ2n) is 6.55. The lowest BCUT2D eigenvalue weighted by atomic mass is 10.1. The number of benzene rings is 1. The molecule has 0 saturated carbocycles. The van der Waals surface area contributed by atoms with E-state index >= 15 is 0 Å². The van der Waals surface area contributed by atoms with Gasteiger partial charge < -0.3 is 15.6 Å². The van der Waals surface area contributed by atoms with Crippen LogP contribution in [0.3, 0.4) is 0 Å². The minimum absolute atomic E-state index is 0.265. The van der Waals surface area contributed by atoms with Gasteiger partial charge in [0.05, 0.1) is 17.1 Å². The zero-order valence-electron chi connectivity index (χ0n) is 15.7. The summed E-state index contributed by atoms with van der Waals surface area (Å²) in [6.45, 7) is 5.74. The van der Waals surface area contributed by atoms with Crippen molar-refractivity contribution in [3.05, 3.63) is 46.7 Å². The van der Waals surface area contributed by atoms with E-state index in [0.717, 1.165) is 27.9 Å². The molecule has 0 fully saturated rings. The van der Waals surface area contributed by atoms with Crippen LogP contribution in [-0.2, 0) is 23.1 Å². The first-order chi connectivity index (χ1) is 12.8. The highest BCUT2D eigenvalue weighted by Crippen LogP contribution is 2.23. The first-order valence-electron chi connectivity index (χ1n) is 8.64. The molecule has 7 nitrogen and oxygen atoms in total. The normalized spacial score (nSPS) is 11.0. The molecule has 2 heterocycles. The van der Waals surface area contributed by atoms with Gasteiger partial charge in [0.25, 0.3) is 0 Å². The number of amides is 2. The predicted molar refractivity (Wildman–Crippen MR) is 101 cm³/mol. The number of nitrogens with one attached hydrogen (secondary N) is 3. The molecule has 3 N–H and O–H groups in total. The van der Waals surface area contributed by atoms with Crippen LogP contribution in [0.15, 0.2) is 18.2 Å². The molecule has 0 radical (unpaired) electrons. The van der Waals surface area contributed by atoms with Crippen molar-refractivity contribution in [1.29, 1.82) is 0 Å². The van der Waals surface area contributed by atoms with Crippen molar-refractivity contribution in [3.63, 3.8) is 0 Å². The highest BCUT2D eigenvalue weighted by atomic mass is 19.1. The van der Waals surface area contributed by atoms with E-state index in [-0.39, 0.29) is 12.4 Å². The van der Waals surface area contributed by atoms with Gasteiger partial charge in [-0.05, 0) is 51.0 Å². The molecule has 1 aromatic carbocycles. The third kappa shape index (κ3) is 3.69. The maximum absolute atomic E-state index is 13.5. The number of carbonyl (C=O) groups excluding carboxylic acids is 2. The Morgan fingerprint density at radius 3 is 2.63 bits per heavy atom. The third-order valence-corrected chi connectivity index (χ3v) is 4.70. The summed E-state index contributed by atoms with van der Waals surface area (Å²) in [5, 5.41) is 10.2. The Morgan fingerprint density at radius 2 is 1.96 bits per heavy atom. The molecule has 3 aromatic rings. The van der Waals surface area contributed by atoms with Crippen molar-refractivity contribution < 1.29 is 14.0 Å². The molecule has 0 atom stereocenters. The van der Waals surface area contributed by atoms with E-state index in [9.17, 15) is 14.0 Å². The average molecular weight is 371 g/mol. The van der Waals surface area contributed by atoms with Gasteiger partial charge in [0.15, 0.2) is 0 Å². The first-order valence-corrected chi connectivity index (χ1v) is 8.64. The van der Waals surface area contributed by atoms with Crippen LogP contribution in [0.5, 0.6) is 0 Å². The van der Waals surface area contributed by atoms with Crippen molar-refractivity contribution in [2.24, 2.45) is 7.05 Å². The number of rotatable bonds is 4. The summed E-state index contributed by atoms with van der Waals surface area (Å²) in [5.41, 5.74) is 4.63. The van der Waals surface area contributed by atoms with E-state index in [1.54, 1.807) is 24.7 Å². The number of aryl methyl sites for hydroxylation is 3. The Kier molecular flexibility index (Phi) is 4.98. The van der Waals surface area contributed by atoms with E-state index in [1.165, 1.54) is 12.1 Å². The van der Waals surface area contributed by atoms with E-state index < -0.39 is 11.8 Å². The number of fused-ring (bicyclic) bond motifs is 1. The number of anilines is 1. The van der Waals surface area contributed by atoms with Crippen molar-refractivity contribution in [3.8, 4) is 0 Å². The first kappa shape index (κ1) is 18.6. The second-order valence-corrected chi connectivity index (χ2v) is 6.55. The quantitative estimate of drug-likeness (QED) is 0.614. The molecule has 0 saturated heterocycles. The van der Waals surface area contributed by atoms with Gasteiger partial charge >= 0.3 is 11.8 Å². The van der Waals surface area contributed by atoms with E-state index in [4.69, 9.17) is 0 Å². The minimum Gasteiger partial charge on any atom is -0.358 e. The van der Waals surface area contributed by atoms with E-state index in [2.05, 4.69) is 20.7 Å². The molecule has 0 spiro atoms. The lowest BCUT2D eigenvalue weighted by Crippen LogP contribution is -2.36. The molecular weight excluding hydrogens is 349 g/mol. The number of carbonyl (C=O) groups is 2. The Hall–Kier alpha value is -3.16.